The third kappa shape index (κ3) is 2.71. The average molecular weight is 301 g/mol. The summed E-state index contributed by atoms with van der Waals surface area (Å²) in [4.78, 5) is 9.20. The molecule has 0 aliphatic carbocycles. The topological polar surface area (TPSA) is 50.9 Å². The molecule has 4 nitrogen and oxygen atoms in total. The lowest BCUT2D eigenvalue weighted by atomic mass is 9.93. The number of aliphatic hydroxyl groups is 1. The third-order valence-electron chi connectivity index (χ3n) is 3.49. The van der Waals surface area contributed by atoms with Gasteiger partial charge in [0.1, 0.15) is 17.4 Å². The Bertz CT molecular complexity index is 767. The van der Waals surface area contributed by atoms with Crippen molar-refractivity contribution in [2.75, 3.05) is 0 Å². The minimum atomic E-state index is -0.0633. The standard InChI is InChI=1S/C16H19N3OS/c1-16(2,3)13-10-21-15(18-13)8-19-12-7-5-4-6-11(12)17-14(19)9-20/h4-7,10,20H,8-9H2,1-3H3. The highest BCUT2D eigenvalue weighted by molar-refractivity contribution is 7.09. The number of hydrogen-bond donors (Lipinski definition) is 1. The molecular formula is C16H19N3OS. The largest absolute Gasteiger partial charge is 0.388 e. The SMILES string of the molecule is CC(C)(C)c1csc(Cn2c(CO)nc3ccccc32)n1. The zero-order chi connectivity index (χ0) is 15.0. The van der Waals surface area contributed by atoms with E-state index in [9.17, 15) is 5.11 Å². The number of hydrogen-bond acceptors (Lipinski definition) is 4. The fourth-order valence-electron chi connectivity index (χ4n) is 2.29. The maximum absolute atomic E-state index is 9.53. The van der Waals surface area contributed by atoms with Crippen molar-refractivity contribution in [1.82, 2.24) is 14.5 Å². The molecule has 0 aliphatic rings. The van der Waals surface area contributed by atoms with Crippen LogP contribution < -0.4 is 0 Å². The first-order valence-electron chi connectivity index (χ1n) is 6.99. The number of nitrogens with zero attached hydrogens (tertiary/aromatic N) is 3. The highest BCUT2D eigenvalue weighted by Gasteiger charge is 2.18. The van der Waals surface area contributed by atoms with Crippen LogP contribution in [0.5, 0.6) is 0 Å². The molecule has 0 amide bonds. The van der Waals surface area contributed by atoms with Crippen LogP contribution in [0.15, 0.2) is 29.6 Å². The molecule has 2 aromatic heterocycles. The molecule has 0 spiro atoms. The Kier molecular flexibility index (Phi) is 3.55. The molecule has 0 aliphatic heterocycles. The third-order valence-corrected chi connectivity index (χ3v) is 4.32. The van der Waals surface area contributed by atoms with E-state index in [0.29, 0.717) is 12.4 Å². The van der Waals surface area contributed by atoms with Crippen molar-refractivity contribution >= 4 is 22.4 Å². The molecule has 3 rings (SSSR count). The molecule has 0 fully saturated rings. The molecule has 110 valence electrons. The molecule has 0 saturated heterocycles. The lowest BCUT2D eigenvalue weighted by Gasteiger charge is -2.14. The highest BCUT2D eigenvalue weighted by atomic mass is 32.1. The fraction of sp³-hybridized carbons (Fsp3) is 0.375. The minimum absolute atomic E-state index is 0.0611. The van der Waals surface area contributed by atoms with Gasteiger partial charge >= 0.3 is 0 Å². The van der Waals surface area contributed by atoms with Crippen LogP contribution in [-0.2, 0) is 18.6 Å². The smallest absolute Gasteiger partial charge is 0.136 e. The molecule has 5 heteroatoms. The van der Waals surface area contributed by atoms with Gasteiger partial charge in [-0.1, -0.05) is 32.9 Å². The van der Waals surface area contributed by atoms with Gasteiger partial charge in [-0.3, -0.25) is 0 Å². The van der Waals surface area contributed by atoms with Crippen LogP contribution in [0.25, 0.3) is 11.0 Å². The molecule has 0 atom stereocenters. The van der Waals surface area contributed by atoms with Gasteiger partial charge < -0.3 is 9.67 Å². The molecule has 0 unspecified atom stereocenters. The summed E-state index contributed by atoms with van der Waals surface area (Å²) in [6, 6.07) is 7.94. The second-order valence-electron chi connectivity index (χ2n) is 6.14. The van der Waals surface area contributed by atoms with E-state index in [-0.39, 0.29) is 12.0 Å². The Hall–Kier alpha value is -1.72. The Morgan fingerprint density at radius 2 is 1.95 bits per heavy atom. The van der Waals surface area contributed by atoms with E-state index in [0.717, 1.165) is 21.7 Å². The Morgan fingerprint density at radius 3 is 2.62 bits per heavy atom. The van der Waals surface area contributed by atoms with Crippen molar-refractivity contribution in [3.8, 4) is 0 Å². The summed E-state index contributed by atoms with van der Waals surface area (Å²) in [6.07, 6.45) is 0. The van der Waals surface area contributed by atoms with E-state index in [1.807, 2.05) is 28.8 Å². The maximum Gasteiger partial charge on any atom is 0.136 e. The molecule has 0 bridgehead atoms. The Balaban J connectivity index is 1.99. The number of imidazole rings is 1. The Morgan fingerprint density at radius 1 is 1.19 bits per heavy atom. The summed E-state index contributed by atoms with van der Waals surface area (Å²) >= 11 is 1.66. The predicted molar refractivity (Wildman–Crippen MR) is 85.6 cm³/mol. The van der Waals surface area contributed by atoms with E-state index < -0.39 is 0 Å². The number of para-hydroxylation sites is 2. The molecular weight excluding hydrogens is 282 g/mol. The van der Waals surface area contributed by atoms with Gasteiger partial charge in [-0.05, 0) is 12.1 Å². The fourth-order valence-corrected chi connectivity index (χ4v) is 3.29. The maximum atomic E-state index is 9.53. The molecule has 0 saturated carbocycles. The predicted octanol–water partition coefficient (Wildman–Crippen LogP) is 3.33. The summed E-state index contributed by atoms with van der Waals surface area (Å²) < 4.78 is 2.04. The minimum Gasteiger partial charge on any atom is -0.388 e. The lowest BCUT2D eigenvalue weighted by molar-refractivity contribution is 0.267. The number of aliphatic hydroxyl groups excluding tert-OH is 1. The van der Waals surface area contributed by atoms with Crippen molar-refractivity contribution in [2.24, 2.45) is 0 Å². The summed E-state index contributed by atoms with van der Waals surface area (Å²) in [5.74, 6) is 0.684. The van der Waals surface area contributed by atoms with Crippen LogP contribution in [0.2, 0.25) is 0 Å². The first kappa shape index (κ1) is 14.2. The highest BCUT2D eigenvalue weighted by Crippen LogP contribution is 2.25. The number of benzene rings is 1. The van der Waals surface area contributed by atoms with Crippen LogP contribution in [0, 0.1) is 0 Å². The molecule has 1 aromatic carbocycles. The van der Waals surface area contributed by atoms with Crippen LogP contribution in [0.4, 0.5) is 0 Å². The number of rotatable bonds is 3. The summed E-state index contributed by atoms with van der Waals surface area (Å²) in [5, 5.41) is 12.7. The average Bonchev–Trinajstić information content (AvgIpc) is 3.04. The van der Waals surface area contributed by atoms with E-state index in [4.69, 9.17) is 4.98 Å². The zero-order valence-electron chi connectivity index (χ0n) is 12.5. The van der Waals surface area contributed by atoms with Gasteiger partial charge in [-0.25, -0.2) is 9.97 Å². The Labute approximate surface area is 128 Å². The van der Waals surface area contributed by atoms with Gasteiger partial charge in [0.05, 0.1) is 23.3 Å². The van der Waals surface area contributed by atoms with E-state index in [1.165, 1.54) is 0 Å². The molecule has 21 heavy (non-hydrogen) atoms. The van der Waals surface area contributed by atoms with Gasteiger partial charge in [-0.15, -0.1) is 11.3 Å². The number of fused-ring (bicyclic) bond motifs is 1. The van der Waals surface area contributed by atoms with E-state index in [1.54, 1.807) is 11.3 Å². The number of thiazole rings is 1. The van der Waals surface area contributed by atoms with Gasteiger partial charge in [0, 0.05) is 10.8 Å². The molecule has 1 N–H and O–H groups in total. The monoisotopic (exact) mass is 301 g/mol. The zero-order valence-corrected chi connectivity index (χ0v) is 13.3. The second-order valence-corrected chi connectivity index (χ2v) is 7.08. The second kappa shape index (κ2) is 5.24. The van der Waals surface area contributed by atoms with Crippen molar-refractivity contribution in [2.45, 2.75) is 39.3 Å². The molecule has 0 radical (unpaired) electrons. The summed E-state index contributed by atoms with van der Waals surface area (Å²) in [5.41, 5.74) is 3.12. The van der Waals surface area contributed by atoms with Crippen molar-refractivity contribution < 1.29 is 5.11 Å². The lowest BCUT2D eigenvalue weighted by Crippen LogP contribution is -2.12. The van der Waals surface area contributed by atoms with Gasteiger partial charge in [0.2, 0.25) is 0 Å². The molecule has 3 aromatic rings. The van der Waals surface area contributed by atoms with Crippen molar-refractivity contribution in [3.63, 3.8) is 0 Å². The van der Waals surface area contributed by atoms with Crippen LogP contribution in [-0.4, -0.2) is 19.6 Å². The van der Waals surface area contributed by atoms with Crippen molar-refractivity contribution in [1.29, 1.82) is 0 Å². The van der Waals surface area contributed by atoms with Gasteiger partial charge in [0.15, 0.2) is 0 Å². The first-order chi connectivity index (χ1) is 9.99. The van der Waals surface area contributed by atoms with E-state index >= 15 is 0 Å². The van der Waals surface area contributed by atoms with Crippen molar-refractivity contribution in [3.05, 3.63) is 46.2 Å². The normalized spacial score (nSPS) is 12.2. The molecule has 2 heterocycles. The van der Waals surface area contributed by atoms with Crippen LogP contribution in [0.3, 0.4) is 0 Å². The first-order valence-corrected chi connectivity index (χ1v) is 7.87. The summed E-state index contributed by atoms with van der Waals surface area (Å²) in [6.45, 7) is 7.08. The van der Waals surface area contributed by atoms with Gasteiger partial charge in [-0.2, -0.15) is 0 Å². The van der Waals surface area contributed by atoms with Crippen LogP contribution in [0.1, 0.15) is 37.3 Å². The quantitative estimate of drug-likeness (QED) is 0.807. The number of aromatic nitrogens is 3. The van der Waals surface area contributed by atoms with Crippen LogP contribution >= 0.6 is 11.3 Å². The van der Waals surface area contributed by atoms with Gasteiger partial charge in [0.25, 0.3) is 0 Å². The van der Waals surface area contributed by atoms with E-state index in [2.05, 4.69) is 31.1 Å². The summed E-state index contributed by atoms with van der Waals surface area (Å²) in [7, 11) is 0.